The van der Waals surface area contributed by atoms with Crippen molar-refractivity contribution in [2.24, 2.45) is 5.73 Å². The minimum absolute atomic E-state index is 0.195. The molecule has 36 heavy (non-hydrogen) atoms. The number of hydrogen-bond donors (Lipinski definition) is 3. The molecule has 1 aromatic carbocycles. The van der Waals surface area contributed by atoms with Crippen LogP contribution in [0.3, 0.4) is 0 Å². The molecule has 5 N–H and O–H groups in total. The van der Waals surface area contributed by atoms with Crippen molar-refractivity contribution < 1.29 is 10.0 Å². The molecule has 190 valence electrons. The fraction of sp³-hybridized carbons (Fsp3) is 0.407. The predicted octanol–water partition coefficient (Wildman–Crippen LogP) is 4.59. The van der Waals surface area contributed by atoms with Gasteiger partial charge in [0.2, 0.25) is 0 Å². The number of nitrogens with two attached hydrogens (primary N) is 2. The van der Waals surface area contributed by atoms with Crippen LogP contribution < -0.4 is 16.4 Å². The van der Waals surface area contributed by atoms with E-state index in [1.165, 1.54) is 16.4 Å². The zero-order chi connectivity index (χ0) is 25.4. The molecule has 1 saturated heterocycles. The summed E-state index contributed by atoms with van der Waals surface area (Å²) in [6.07, 6.45) is 7.29. The van der Waals surface area contributed by atoms with E-state index in [0.29, 0.717) is 16.6 Å². The number of hydroxylamine groups is 2. The number of primary amides is 1. The molecule has 5 rings (SSSR count). The summed E-state index contributed by atoms with van der Waals surface area (Å²) in [6, 6.07) is 10.7. The van der Waals surface area contributed by atoms with E-state index in [9.17, 15) is 10.0 Å². The number of benzene rings is 1. The van der Waals surface area contributed by atoms with Crippen molar-refractivity contribution in [3.63, 3.8) is 0 Å². The lowest BCUT2D eigenvalue weighted by Crippen LogP contribution is -2.50. The first-order valence-electron chi connectivity index (χ1n) is 12.7. The van der Waals surface area contributed by atoms with E-state index in [1.54, 1.807) is 6.20 Å². The van der Waals surface area contributed by atoms with E-state index in [1.807, 2.05) is 18.2 Å². The molecule has 2 aromatic heterocycles. The van der Waals surface area contributed by atoms with Crippen LogP contribution >= 0.6 is 11.3 Å². The monoisotopic (exact) mass is 506 g/mol. The number of carbonyl (C=O) groups is 1. The number of fused-ring (bicyclic) bond motifs is 2. The smallest absolute Gasteiger partial charge is 0.260 e. The van der Waals surface area contributed by atoms with Gasteiger partial charge >= 0.3 is 0 Å². The first kappa shape index (κ1) is 24.5. The van der Waals surface area contributed by atoms with Crippen LogP contribution in [0.25, 0.3) is 16.3 Å². The normalized spacial score (nSPS) is 18.3. The summed E-state index contributed by atoms with van der Waals surface area (Å²) in [5.41, 5.74) is 15.7. The van der Waals surface area contributed by atoms with Gasteiger partial charge in [-0.05, 0) is 54.6 Å². The maximum absolute atomic E-state index is 11.9. The summed E-state index contributed by atoms with van der Waals surface area (Å²) >= 11 is 1.29. The highest BCUT2D eigenvalue weighted by Crippen LogP contribution is 2.39. The Morgan fingerprint density at radius 1 is 1.25 bits per heavy atom. The van der Waals surface area contributed by atoms with Gasteiger partial charge in [0.05, 0.1) is 5.69 Å². The van der Waals surface area contributed by atoms with Gasteiger partial charge in [-0.25, -0.2) is 10.0 Å². The Labute approximate surface area is 215 Å². The third-order valence-corrected chi connectivity index (χ3v) is 8.49. The standard InChI is InChI=1S/C27H34N6O2S/c1-3-7-18-16-21(30-26-22(18)23(28)24(36-26)25(29)34)31-13-11-19(12-14-31)32(4-2)27-20-9-6-5-8-17(20)10-15-33(27)35/h5-6,8-10,15-16,19,27,35H,3-4,7,11-14,28H2,1-2H3,(H2,29,34). The molecule has 0 spiro atoms. The van der Waals surface area contributed by atoms with Gasteiger partial charge in [0.1, 0.15) is 21.7 Å². The van der Waals surface area contributed by atoms with E-state index in [0.717, 1.165) is 78.0 Å². The number of rotatable bonds is 7. The molecule has 4 heterocycles. The number of hydrogen-bond acceptors (Lipinski definition) is 8. The van der Waals surface area contributed by atoms with Crippen molar-refractivity contribution in [3.05, 3.63) is 58.1 Å². The minimum atomic E-state index is -0.503. The predicted molar refractivity (Wildman–Crippen MR) is 146 cm³/mol. The molecular weight excluding hydrogens is 472 g/mol. The molecule has 1 unspecified atom stereocenters. The van der Waals surface area contributed by atoms with Crippen molar-refractivity contribution in [1.82, 2.24) is 14.9 Å². The number of anilines is 2. The van der Waals surface area contributed by atoms with Crippen LogP contribution in [0.2, 0.25) is 0 Å². The summed E-state index contributed by atoms with van der Waals surface area (Å²) in [5, 5.41) is 13.0. The van der Waals surface area contributed by atoms with Gasteiger partial charge in [-0.1, -0.05) is 44.5 Å². The van der Waals surface area contributed by atoms with Crippen LogP contribution in [-0.2, 0) is 6.42 Å². The fourth-order valence-corrected chi connectivity index (χ4v) is 6.65. The van der Waals surface area contributed by atoms with Gasteiger partial charge in [0.15, 0.2) is 0 Å². The first-order valence-corrected chi connectivity index (χ1v) is 13.5. The summed E-state index contributed by atoms with van der Waals surface area (Å²) in [4.78, 5) is 22.7. The summed E-state index contributed by atoms with van der Waals surface area (Å²) < 4.78 is 0. The van der Waals surface area contributed by atoms with Crippen LogP contribution in [0.1, 0.15) is 65.6 Å². The van der Waals surface area contributed by atoms with Crippen molar-refractivity contribution in [2.75, 3.05) is 30.3 Å². The van der Waals surface area contributed by atoms with Crippen LogP contribution in [0.4, 0.5) is 11.5 Å². The second-order valence-corrected chi connectivity index (χ2v) is 10.5. The van der Waals surface area contributed by atoms with Crippen LogP contribution in [0, 0.1) is 0 Å². The second kappa shape index (κ2) is 10.1. The van der Waals surface area contributed by atoms with Crippen LogP contribution in [0.5, 0.6) is 0 Å². The number of aryl methyl sites for hydroxylation is 1. The average molecular weight is 507 g/mol. The number of piperidine rings is 1. The maximum atomic E-state index is 11.9. The highest BCUT2D eigenvalue weighted by atomic mass is 32.1. The highest BCUT2D eigenvalue weighted by Gasteiger charge is 2.34. The molecule has 0 radical (unpaired) electrons. The van der Waals surface area contributed by atoms with Gasteiger partial charge in [-0.15, -0.1) is 11.3 Å². The SMILES string of the molecule is CCCc1cc(N2CCC(N(CC)C3c4ccccc4C=CN3O)CC2)nc2sc(C(N)=O)c(N)c12. The number of aromatic nitrogens is 1. The molecular formula is C27H34N6O2S. The zero-order valence-corrected chi connectivity index (χ0v) is 21.7. The summed E-state index contributed by atoms with van der Waals surface area (Å²) in [5.74, 6) is 0.427. The second-order valence-electron chi connectivity index (χ2n) is 9.53. The molecule has 3 aromatic rings. The molecule has 0 aliphatic carbocycles. The minimum Gasteiger partial charge on any atom is -0.397 e. The number of nitrogen functional groups attached to an aromatic ring is 1. The van der Waals surface area contributed by atoms with Crippen LogP contribution in [-0.4, -0.2) is 51.7 Å². The van der Waals surface area contributed by atoms with E-state index in [-0.39, 0.29) is 6.17 Å². The third-order valence-electron chi connectivity index (χ3n) is 7.38. The Kier molecular flexibility index (Phi) is 6.87. The molecule has 0 saturated carbocycles. The number of nitrogens with zero attached hydrogens (tertiary/aromatic N) is 4. The van der Waals surface area contributed by atoms with Gasteiger partial charge in [-0.3, -0.25) is 14.9 Å². The Hall–Kier alpha value is -3.14. The lowest BCUT2D eigenvalue weighted by molar-refractivity contribution is -0.146. The Balaban J connectivity index is 1.38. The van der Waals surface area contributed by atoms with E-state index in [2.05, 4.69) is 41.8 Å². The van der Waals surface area contributed by atoms with Crippen molar-refractivity contribution >= 4 is 45.0 Å². The molecule has 2 aliphatic heterocycles. The number of carbonyl (C=O) groups excluding carboxylic acids is 1. The van der Waals surface area contributed by atoms with Gasteiger partial charge in [-0.2, -0.15) is 0 Å². The first-order chi connectivity index (χ1) is 17.4. The Bertz CT molecular complexity index is 1300. The van der Waals surface area contributed by atoms with E-state index >= 15 is 0 Å². The number of thiophene rings is 1. The summed E-state index contributed by atoms with van der Waals surface area (Å²) in [6.45, 7) is 6.86. The molecule has 9 heteroatoms. The fourth-order valence-electron chi connectivity index (χ4n) is 5.66. The topological polar surface area (TPSA) is 112 Å². The largest absolute Gasteiger partial charge is 0.397 e. The van der Waals surface area contributed by atoms with Gasteiger partial charge < -0.3 is 16.4 Å². The van der Waals surface area contributed by atoms with Crippen molar-refractivity contribution in [3.8, 4) is 0 Å². The quantitative estimate of drug-likeness (QED) is 0.429. The van der Waals surface area contributed by atoms with E-state index < -0.39 is 5.91 Å². The van der Waals surface area contributed by atoms with E-state index in [4.69, 9.17) is 16.5 Å². The Morgan fingerprint density at radius 2 is 2.00 bits per heavy atom. The maximum Gasteiger partial charge on any atom is 0.260 e. The zero-order valence-electron chi connectivity index (χ0n) is 20.9. The molecule has 1 amide bonds. The van der Waals surface area contributed by atoms with Gasteiger partial charge in [0.25, 0.3) is 5.91 Å². The highest BCUT2D eigenvalue weighted by molar-refractivity contribution is 7.21. The Morgan fingerprint density at radius 3 is 2.69 bits per heavy atom. The lowest BCUT2D eigenvalue weighted by atomic mass is 9.96. The molecule has 8 nitrogen and oxygen atoms in total. The molecule has 1 fully saturated rings. The third kappa shape index (κ3) is 4.31. The average Bonchev–Trinajstić information content (AvgIpc) is 3.23. The van der Waals surface area contributed by atoms with Gasteiger partial charge in [0, 0.05) is 30.7 Å². The molecule has 0 bridgehead atoms. The number of pyridine rings is 1. The van der Waals surface area contributed by atoms with Crippen molar-refractivity contribution in [2.45, 2.75) is 51.7 Å². The lowest BCUT2D eigenvalue weighted by Gasteiger charge is -2.45. The molecule has 1 atom stereocenters. The molecule has 2 aliphatic rings. The summed E-state index contributed by atoms with van der Waals surface area (Å²) in [7, 11) is 0. The number of amides is 1. The van der Waals surface area contributed by atoms with Crippen molar-refractivity contribution in [1.29, 1.82) is 0 Å². The van der Waals surface area contributed by atoms with Crippen LogP contribution in [0.15, 0.2) is 36.5 Å².